The highest BCUT2D eigenvalue weighted by molar-refractivity contribution is 5.84. The first-order valence-corrected chi connectivity index (χ1v) is 10.1. The molecule has 7 heteroatoms. The van der Waals surface area contributed by atoms with Gasteiger partial charge >= 0.3 is 0 Å². The Balaban J connectivity index is 0.000000216. The zero-order valence-electron chi connectivity index (χ0n) is 16.9. The Morgan fingerprint density at radius 1 is 1.07 bits per heavy atom. The van der Waals surface area contributed by atoms with Crippen LogP contribution < -0.4 is 16.4 Å². The molecule has 2 saturated heterocycles. The third-order valence-corrected chi connectivity index (χ3v) is 5.62. The Kier molecular flexibility index (Phi) is 7.03. The molecule has 0 atom stereocenters. The molecular formula is C23H27FN4O2. The smallest absolute Gasteiger partial charge is 0.237 e. The molecule has 0 unspecified atom stereocenters. The summed E-state index contributed by atoms with van der Waals surface area (Å²) in [7, 11) is 0. The number of halogens is 1. The zero-order chi connectivity index (χ0) is 21.6. The summed E-state index contributed by atoms with van der Waals surface area (Å²) in [6.45, 7) is 3.12. The van der Waals surface area contributed by atoms with Crippen molar-refractivity contribution in [2.24, 2.45) is 11.5 Å². The van der Waals surface area contributed by atoms with Crippen LogP contribution in [0.2, 0.25) is 0 Å². The minimum Gasteiger partial charge on any atom is -0.381 e. The molecule has 158 valence electrons. The molecule has 0 aromatic heterocycles. The van der Waals surface area contributed by atoms with Crippen molar-refractivity contribution in [3.8, 4) is 17.2 Å². The first-order chi connectivity index (χ1) is 14.4. The fraction of sp³-hybridized carbons (Fsp3) is 0.391. The van der Waals surface area contributed by atoms with Crippen LogP contribution in [0.25, 0.3) is 11.1 Å². The van der Waals surface area contributed by atoms with E-state index in [9.17, 15) is 14.4 Å². The minimum atomic E-state index is -0.807. The Labute approximate surface area is 176 Å². The lowest BCUT2D eigenvalue weighted by atomic mass is 9.91. The van der Waals surface area contributed by atoms with Crippen molar-refractivity contribution in [1.29, 1.82) is 5.26 Å². The van der Waals surface area contributed by atoms with E-state index < -0.39 is 11.4 Å². The predicted molar refractivity (Wildman–Crippen MR) is 114 cm³/mol. The van der Waals surface area contributed by atoms with Gasteiger partial charge < -0.3 is 21.1 Å². The van der Waals surface area contributed by atoms with Gasteiger partial charge in [0.15, 0.2) is 0 Å². The molecule has 6 nitrogen and oxygen atoms in total. The van der Waals surface area contributed by atoms with Crippen LogP contribution in [0.1, 0.15) is 31.2 Å². The van der Waals surface area contributed by atoms with Crippen LogP contribution in [0, 0.1) is 17.1 Å². The molecule has 2 aromatic carbocycles. The Morgan fingerprint density at radius 3 is 2.20 bits per heavy atom. The van der Waals surface area contributed by atoms with Crippen LogP contribution in [0.4, 0.5) is 10.1 Å². The van der Waals surface area contributed by atoms with Gasteiger partial charge in [-0.15, -0.1) is 0 Å². The van der Waals surface area contributed by atoms with E-state index in [1.54, 1.807) is 12.1 Å². The van der Waals surface area contributed by atoms with E-state index in [0.717, 1.165) is 29.9 Å². The maximum absolute atomic E-state index is 13.0. The molecule has 2 fully saturated rings. The summed E-state index contributed by atoms with van der Waals surface area (Å²) < 4.78 is 18.0. The molecule has 0 saturated carbocycles. The molecule has 2 aromatic rings. The van der Waals surface area contributed by atoms with Crippen LogP contribution in [-0.4, -0.2) is 37.7 Å². The molecule has 0 bridgehead atoms. The van der Waals surface area contributed by atoms with E-state index >= 15 is 0 Å². The third-order valence-electron chi connectivity index (χ3n) is 5.62. The number of amides is 1. The van der Waals surface area contributed by atoms with Gasteiger partial charge in [0.1, 0.15) is 11.9 Å². The lowest BCUT2D eigenvalue weighted by Gasteiger charge is -2.29. The number of nitriles is 1. The summed E-state index contributed by atoms with van der Waals surface area (Å²) in [6.07, 6.45) is 3.46. The monoisotopic (exact) mass is 410 g/mol. The van der Waals surface area contributed by atoms with Gasteiger partial charge in [-0.25, -0.2) is 4.39 Å². The van der Waals surface area contributed by atoms with E-state index in [1.165, 1.54) is 25.0 Å². The van der Waals surface area contributed by atoms with Gasteiger partial charge in [-0.3, -0.25) is 4.79 Å². The predicted octanol–water partition coefficient (Wildman–Crippen LogP) is 2.94. The van der Waals surface area contributed by atoms with Crippen molar-refractivity contribution in [1.82, 2.24) is 0 Å². The Bertz CT molecular complexity index is 912. The van der Waals surface area contributed by atoms with Crippen LogP contribution in [0.5, 0.6) is 0 Å². The van der Waals surface area contributed by atoms with Crippen LogP contribution in [-0.2, 0) is 9.53 Å². The summed E-state index contributed by atoms with van der Waals surface area (Å²) in [5, 5.41) is 9.36. The minimum absolute atomic E-state index is 0.247. The maximum atomic E-state index is 13.0. The number of nitrogens with two attached hydrogens (primary N) is 2. The summed E-state index contributed by atoms with van der Waals surface area (Å²) in [4.78, 5) is 13.0. The van der Waals surface area contributed by atoms with Crippen molar-refractivity contribution >= 4 is 11.6 Å². The number of anilines is 1. The molecule has 0 radical (unpaired) electrons. The fourth-order valence-corrected chi connectivity index (χ4v) is 3.66. The average Bonchev–Trinajstić information content (AvgIpc) is 3.29. The van der Waals surface area contributed by atoms with Crippen LogP contribution >= 0.6 is 0 Å². The normalized spacial score (nSPS) is 17.6. The number of carbonyl (C=O) groups is 1. The standard InChI is InChI=1S/C17H15FN2.C6H12N2O2/c18-16-6-3-13(4-7-16)14-5-8-17(15(11-14)12-19)20-9-1-2-10-20;7-5(9)6(8)1-3-10-4-2-6/h3-8,11H,1-2,9-10H2;1-4,8H2,(H2,7,9). The highest BCUT2D eigenvalue weighted by Gasteiger charge is 2.33. The molecule has 2 aliphatic heterocycles. The van der Waals surface area contributed by atoms with Gasteiger partial charge in [0.2, 0.25) is 5.91 Å². The van der Waals surface area contributed by atoms with Gasteiger partial charge in [-0.2, -0.15) is 5.26 Å². The molecule has 0 spiro atoms. The van der Waals surface area contributed by atoms with Crippen LogP contribution in [0.15, 0.2) is 42.5 Å². The quantitative estimate of drug-likeness (QED) is 0.809. The highest BCUT2D eigenvalue weighted by Crippen LogP contribution is 2.29. The molecule has 2 heterocycles. The SMILES string of the molecule is N#Cc1cc(-c2ccc(F)cc2)ccc1N1CCCC1.NC(=O)C1(N)CCOCC1. The molecule has 1 amide bonds. The second kappa shape index (κ2) is 9.70. The number of nitrogens with zero attached hydrogens (tertiary/aromatic N) is 2. The van der Waals surface area contributed by atoms with Crippen molar-refractivity contribution < 1.29 is 13.9 Å². The molecule has 0 aliphatic carbocycles. The summed E-state index contributed by atoms with van der Waals surface area (Å²) >= 11 is 0. The lowest BCUT2D eigenvalue weighted by Crippen LogP contribution is -2.55. The number of carbonyl (C=O) groups excluding carboxylic acids is 1. The van der Waals surface area contributed by atoms with Gasteiger partial charge in [0.25, 0.3) is 0 Å². The van der Waals surface area contributed by atoms with Crippen molar-refractivity contribution in [3.05, 3.63) is 53.8 Å². The zero-order valence-corrected chi connectivity index (χ0v) is 16.9. The maximum Gasteiger partial charge on any atom is 0.237 e. The first kappa shape index (κ1) is 21.8. The number of benzene rings is 2. The number of hydrogen-bond acceptors (Lipinski definition) is 5. The Morgan fingerprint density at radius 2 is 1.67 bits per heavy atom. The number of hydrogen-bond donors (Lipinski definition) is 2. The van der Waals surface area contributed by atoms with Crippen LogP contribution in [0.3, 0.4) is 0 Å². The number of rotatable bonds is 3. The summed E-state index contributed by atoms with van der Waals surface area (Å²) in [5.74, 6) is -0.668. The highest BCUT2D eigenvalue weighted by atomic mass is 19.1. The number of primary amides is 1. The molecule has 2 aliphatic rings. The van der Waals surface area contributed by atoms with Crippen molar-refractivity contribution in [2.45, 2.75) is 31.2 Å². The van der Waals surface area contributed by atoms with E-state index in [1.807, 2.05) is 18.2 Å². The van der Waals surface area contributed by atoms with E-state index in [-0.39, 0.29) is 5.82 Å². The molecule has 4 rings (SSSR count). The second-order valence-electron chi connectivity index (χ2n) is 7.68. The second-order valence-corrected chi connectivity index (χ2v) is 7.68. The van der Waals surface area contributed by atoms with Gasteiger partial charge in [0.05, 0.1) is 16.8 Å². The van der Waals surface area contributed by atoms with Crippen molar-refractivity contribution in [2.75, 3.05) is 31.2 Å². The average molecular weight is 410 g/mol. The summed E-state index contributed by atoms with van der Waals surface area (Å²) in [5.41, 5.74) is 13.5. The van der Waals surface area contributed by atoms with E-state index in [2.05, 4.69) is 11.0 Å². The van der Waals surface area contributed by atoms with Crippen molar-refractivity contribution in [3.63, 3.8) is 0 Å². The summed E-state index contributed by atoms with van der Waals surface area (Å²) in [6, 6.07) is 14.5. The van der Waals surface area contributed by atoms with Gasteiger partial charge in [0, 0.05) is 26.3 Å². The Hall–Kier alpha value is -2.95. The largest absolute Gasteiger partial charge is 0.381 e. The van der Waals surface area contributed by atoms with E-state index in [0.29, 0.717) is 31.6 Å². The topological polar surface area (TPSA) is 105 Å². The first-order valence-electron chi connectivity index (χ1n) is 10.1. The molecule has 4 N–H and O–H groups in total. The van der Waals surface area contributed by atoms with Gasteiger partial charge in [-0.1, -0.05) is 18.2 Å². The number of ether oxygens (including phenoxy) is 1. The lowest BCUT2D eigenvalue weighted by molar-refractivity contribution is -0.126. The van der Waals surface area contributed by atoms with E-state index in [4.69, 9.17) is 16.2 Å². The fourth-order valence-electron chi connectivity index (χ4n) is 3.66. The van der Waals surface area contributed by atoms with Gasteiger partial charge in [-0.05, 0) is 61.1 Å². The molecule has 30 heavy (non-hydrogen) atoms. The third kappa shape index (κ3) is 5.15. The molecular weight excluding hydrogens is 383 g/mol.